The summed E-state index contributed by atoms with van der Waals surface area (Å²) in [7, 11) is 0. The number of carbonyl (C=O) groups excluding carboxylic acids is 2. The van der Waals surface area contributed by atoms with E-state index in [1.165, 1.54) is 0 Å². The van der Waals surface area contributed by atoms with Crippen molar-refractivity contribution in [1.29, 1.82) is 0 Å². The summed E-state index contributed by atoms with van der Waals surface area (Å²) in [5, 5.41) is 14.0. The molecule has 1 fully saturated rings. The van der Waals surface area contributed by atoms with Gasteiger partial charge in [0.1, 0.15) is 24.0 Å². The third-order valence-corrected chi connectivity index (χ3v) is 5.39. The van der Waals surface area contributed by atoms with E-state index in [9.17, 15) is 9.59 Å². The molecule has 9 nitrogen and oxygen atoms in total. The topological polar surface area (TPSA) is 113 Å². The quantitative estimate of drug-likeness (QED) is 0.657. The fourth-order valence-corrected chi connectivity index (χ4v) is 3.67. The molecule has 0 atom stereocenters. The molecule has 1 saturated carbocycles. The molecule has 5 rings (SSSR count). The van der Waals surface area contributed by atoms with Gasteiger partial charge in [0.2, 0.25) is 0 Å². The van der Waals surface area contributed by atoms with Crippen LogP contribution in [0.5, 0.6) is 0 Å². The lowest BCUT2D eigenvalue weighted by atomic mass is 9.99. The first-order valence-corrected chi connectivity index (χ1v) is 10.1. The molecular weight excluding hydrogens is 370 g/mol. The first-order valence-electron chi connectivity index (χ1n) is 10.1. The molecule has 3 heterocycles. The van der Waals surface area contributed by atoms with Crippen molar-refractivity contribution in [2.45, 2.75) is 44.6 Å². The second-order valence-electron chi connectivity index (χ2n) is 7.77. The number of hydrogen-bond donors (Lipinski definition) is 3. The molecule has 2 aromatic rings. The Morgan fingerprint density at radius 1 is 1.24 bits per heavy atom. The Kier molecular flexibility index (Phi) is 4.49. The molecule has 3 N–H and O–H groups in total. The van der Waals surface area contributed by atoms with E-state index in [0.29, 0.717) is 43.5 Å². The van der Waals surface area contributed by atoms with Crippen LogP contribution in [0.15, 0.2) is 28.9 Å². The van der Waals surface area contributed by atoms with Gasteiger partial charge in [0, 0.05) is 37.1 Å². The Morgan fingerprint density at radius 2 is 2.14 bits per heavy atom. The summed E-state index contributed by atoms with van der Waals surface area (Å²) in [5.74, 6) is 1.65. The van der Waals surface area contributed by atoms with E-state index < -0.39 is 0 Å². The van der Waals surface area contributed by atoms with Gasteiger partial charge in [-0.3, -0.25) is 14.6 Å². The highest BCUT2D eigenvalue weighted by atomic mass is 16.2. The number of amides is 1. The number of allylic oxidation sites excluding steroid dienone is 1. The number of nitrogens with zero attached hydrogens (tertiary/aromatic N) is 4. The van der Waals surface area contributed by atoms with Crippen LogP contribution in [0.3, 0.4) is 0 Å². The van der Waals surface area contributed by atoms with Crippen LogP contribution in [0.1, 0.15) is 37.7 Å². The van der Waals surface area contributed by atoms with Crippen LogP contribution in [0.4, 0.5) is 11.6 Å². The van der Waals surface area contributed by atoms with Crippen molar-refractivity contribution in [1.82, 2.24) is 19.9 Å². The highest BCUT2D eigenvalue weighted by molar-refractivity contribution is 6.40. The van der Waals surface area contributed by atoms with Gasteiger partial charge >= 0.3 is 0 Å². The Labute approximate surface area is 167 Å². The highest BCUT2D eigenvalue weighted by Gasteiger charge is 2.24. The third kappa shape index (κ3) is 3.85. The van der Waals surface area contributed by atoms with Crippen molar-refractivity contribution in [2.24, 2.45) is 4.99 Å². The van der Waals surface area contributed by atoms with Gasteiger partial charge < -0.3 is 16.0 Å². The van der Waals surface area contributed by atoms with Gasteiger partial charge in [-0.2, -0.15) is 9.61 Å². The molecule has 1 amide bonds. The van der Waals surface area contributed by atoms with Gasteiger partial charge in [0.25, 0.3) is 5.91 Å². The lowest BCUT2D eigenvalue weighted by Crippen LogP contribution is -2.24. The Bertz CT molecular complexity index is 1050. The number of aromatic nitrogens is 3. The zero-order chi connectivity index (χ0) is 19.8. The number of rotatable bonds is 7. The minimum Gasteiger partial charge on any atom is -0.367 e. The summed E-state index contributed by atoms with van der Waals surface area (Å²) in [4.78, 5) is 32.5. The first kappa shape index (κ1) is 17.8. The van der Waals surface area contributed by atoms with Crippen LogP contribution in [0, 0.1) is 0 Å². The second kappa shape index (κ2) is 7.31. The monoisotopic (exact) mass is 393 g/mol. The zero-order valence-electron chi connectivity index (χ0n) is 16.1. The molecular formula is C20H23N7O2. The summed E-state index contributed by atoms with van der Waals surface area (Å²) >= 11 is 0. The smallest absolute Gasteiger partial charge is 0.267 e. The summed E-state index contributed by atoms with van der Waals surface area (Å²) < 4.78 is 1.79. The van der Waals surface area contributed by atoms with Crippen LogP contribution >= 0.6 is 0 Å². The standard InChI is InChI=1S/C20H23N7O2/c28-15-3-1-2-12(6-15)9-21-17-8-18(25-14-4-5-14)27-19(26-17)13(10-24-27)7-16-20(29)23-11-22-16/h6,8,10,14,25H,1-5,7,9,11H2,(H,21,26)(H,23,29). The van der Waals surface area contributed by atoms with Gasteiger partial charge in [-0.05, 0) is 37.3 Å². The Morgan fingerprint density at radius 3 is 2.90 bits per heavy atom. The minimum atomic E-state index is -0.135. The van der Waals surface area contributed by atoms with E-state index >= 15 is 0 Å². The molecule has 2 aromatic heterocycles. The van der Waals surface area contributed by atoms with Crippen LogP contribution in [0.2, 0.25) is 0 Å². The van der Waals surface area contributed by atoms with Gasteiger partial charge in [-0.15, -0.1) is 0 Å². The van der Waals surface area contributed by atoms with E-state index in [1.54, 1.807) is 16.8 Å². The normalized spacial score (nSPS) is 19.2. The van der Waals surface area contributed by atoms with Crippen molar-refractivity contribution < 1.29 is 9.59 Å². The molecule has 0 saturated heterocycles. The van der Waals surface area contributed by atoms with Crippen LogP contribution in [-0.4, -0.2) is 51.3 Å². The minimum absolute atomic E-state index is 0.135. The molecule has 0 radical (unpaired) electrons. The Balaban J connectivity index is 1.44. The lowest BCUT2D eigenvalue weighted by molar-refractivity contribution is -0.115. The maximum absolute atomic E-state index is 11.9. The van der Waals surface area contributed by atoms with Crippen molar-refractivity contribution in [3.63, 3.8) is 0 Å². The molecule has 0 spiro atoms. The van der Waals surface area contributed by atoms with Crippen molar-refractivity contribution in [3.05, 3.63) is 29.5 Å². The van der Waals surface area contributed by atoms with Crippen LogP contribution < -0.4 is 16.0 Å². The van der Waals surface area contributed by atoms with Crippen molar-refractivity contribution in [3.8, 4) is 0 Å². The molecule has 0 aromatic carbocycles. The van der Waals surface area contributed by atoms with E-state index in [4.69, 9.17) is 4.98 Å². The predicted molar refractivity (Wildman–Crippen MR) is 109 cm³/mol. The van der Waals surface area contributed by atoms with Crippen molar-refractivity contribution >= 4 is 34.7 Å². The highest BCUT2D eigenvalue weighted by Crippen LogP contribution is 2.27. The Hall–Kier alpha value is -3.23. The van der Waals surface area contributed by atoms with Gasteiger partial charge in [-0.1, -0.05) is 0 Å². The summed E-state index contributed by atoms with van der Waals surface area (Å²) in [5.41, 5.74) is 3.16. The molecule has 150 valence electrons. The van der Waals surface area contributed by atoms with E-state index in [1.807, 2.05) is 6.07 Å². The third-order valence-electron chi connectivity index (χ3n) is 5.39. The SMILES string of the molecule is O=C1C=C(CNc2cc(NC3CC3)n3ncc(CC4=NCNC4=O)c3n2)CCC1. The molecule has 2 aliphatic carbocycles. The van der Waals surface area contributed by atoms with E-state index in [-0.39, 0.29) is 11.7 Å². The summed E-state index contributed by atoms with van der Waals surface area (Å²) in [6.45, 7) is 0.923. The molecule has 1 aliphatic heterocycles. The lowest BCUT2D eigenvalue weighted by Gasteiger charge is -2.15. The average molecular weight is 393 g/mol. The van der Waals surface area contributed by atoms with Gasteiger partial charge in [0.05, 0.1) is 6.20 Å². The molecule has 29 heavy (non-hydrogen) atoms. The summed E-state index contributed by atoms with van der Waals surface area (Å²) in [6, 6.07) is 2.41. The number of fused-ring (bicyclic) bond motifs is 1. The summed E-state index contributed by atoms with van der Waals surface area (Å²) in [6.07, 6.45) is 8.67. The molecule has 3 aliphatic rings. The number of hydrogen-bond acceptors (Lipinski definition) is 7. The maximum atomic E-state index is 11.9. The maximum Gasteiger partial charge on any atom is 0.267 e. The van der Waals surface area contributed by atoms with Crippen molar-refractivity contribution in [2.75, 3.05) is 23.8 Å². The number of anilines is 2. The molecule has 0 bridgehead atoms. The molecule has 0 unspecified atom stereocenters. The fourth-order valence-electron chi connectivity index (χ4n) is 3.67. The number of carbonyl (C=O) groups is 2. The number of aliphatic imine (C=N–C) groups is 1. The van der Waals surface area contributed by atoms with E-state index in [2.05, 4.69) is 26.0 Å². The predicted octanol–water partition coefficient (Wildman–Crippen LogP) is 1.47. The fraction of sp³-hybridized carbons (Fsp3) is 0.450. The van der Waals surface area contributed by atoms with Crippen LogP contribution in [0.25, 0.3) is 5.65 Å². The van der Waals surface area contributed by atoms with Gasteiger partial charge in [-0.25, -0.2) is 4.98 Å². The van der Waals surface area contributed by atoms with Crippen LogP contribution in [-0.2, 0) is 16.0 Å². The van der Waals surface area contributed by atoms with E-state index in [0.717, 1.165) is 48.5 Å². The second-order valence-corrected chi connectivity index (χ2v) is 7.77. The largest absolute Gasteiger partial charge is 0.367 e. The zero-order valence-corrected chi connectivity index (χ0v) is 16.1. The first-order chi connectivity index (χ1) is 14.2. The number of nitrogens with one attached hydrogen (secondary N) is 3. The van der Waals surface area contributed by atoms with Gasteiger partial charge in [0.15, 0.2) is 11.4 Å². The molecule has 9 heteroatoms. The average Bonchev–Trinajstić information content (AvgIpc) is 3.30. The number of ketones is 1.